The molecule has 13 N–H and O–H groups in total. The Morgan fingerprint density at radius 2 is 1.11 bits per heavy atom. The number of hydrogen-bond donors (Lipinski definition) is 12. The lowest BCUT2D eigenvalue weighted by Gasteiger charge is -2.37. The molecule has 0 spiro atoms. The van der Waals surface area contributed by atoms with E-state index in [4.69, 9.17) is 30.3 Å². The first-order valence-corrected chi connectivity index (χ1v) is 36.6. The third-order valence-corrected chi connectivity index (χ3v) is 17.8. The maximum atomic E-state index is 15.8. The minimum Gasteiger partial charge on any atom is -0.488 e. The number of carbonyl (C=O) groups excluding carboxylic acids is 9. The van der Waals surface area contributed by atoms with E-state index in [1.54, 1.807) is 116 Å². The molecule has 5 aromatic carbocycles. The molecule has 0 unspecified atom stereocenters. The second-order valence-electron chi connectivity index (χ2n) is 30.7. The van der Waals surface area contributed by atoms with E-state index in [1.165, 1.54) is 17.7 Å². The molecule has 1 saturated heterocycles. The van der Waals surface area contributed by atoms with Crippen LogP contribution in [-0.4, -0.2) is 163 Å². The predicted molar refractivity (Wildman–Crippen MR) is 411 cm³/mol. The molecule has 8 atom stereocenters. The van der Waals surface area contributed by atoms with Crippen molar-refractivity contribution < 1.29 is 67.3 Å². The highest BCUT2D eigenvalue weighted by Crippen LogP contribution is 2.41. The zero-order valence-corrected chi connectivity index (χ0v) is 64.0. The van der Waals surface area contributed by atoms with Gasteiger partial charge in [0.15, 0.2) is 5.96 Å². The van der Waals surface area contributed by atoms with Crippen molar-refractivity contribution in [3.05, 3.63) is 192 Å². The van der Waals surface area contributed by atoms with Crippen LogP contribution in [0.25, 0.3) is 10.9 Å². The fourth-order valence-electron chi connectivity index (χ4n) is 12.7. The molecule has 0 radical (unpaired) electrons. The first kappa shape index (κ1) is 83.2. The molecule has 1 fully saturated rings. The minimum atomic E-state index is -1.66. The number of nitrogens with zero attached hydrogens (tertiary/aromatic N) is 3. The summed E-state index contributed by atoms with van der Waals surface area (Å²) in [5.74, 6) is -7.68. The smallest absolute Gasteiger partial charge is 0.419 e. The molecular formula is C81H104N14O14. The molecule has 3 heterocycles. The third-order valence-electron chi connectivity index (χ3n) is 17.8. The van der Waals surface area contributed by atoms with Gasteiger partial charge in [0.1, 0.15) is 70.8 Å². The monoisotopic (exact) mass is 1500 g/mol. The Labute approximate surface area is 635 Å². The van der Waals surface area contributed by atoms with Gasteiger partial charge in [0.25, 0.3) is 0 Å². The molecule has 0 saturated carbocycles. The van der Waals surface area contributed by atoms with Crippen LogP contribution in [-0.2, 0) is 77.4 Å². The summed E-state index contributed by atoms with van der Waals surface area (Å²) >= 11 is 0. The second kappa shape index (κ2) is 36.9. The van der Waals surface area contributed by atoms with Crippen LogP contribution in [0.1, 0.15) is 149 Å². The van der Waals surface area contributed by atoms with Gasteiger partial charge in [-0.3, -0.25) is 48.3 Å². The van der Waals surface area contributed by atoms with E-state index >= 15 is 14.4 Å². The molecule has 7 aromatic rings. The number of nitrogens with two attached hydrogens (primary N) is 1. The molecule has 2 aromatic heterocycles. The molecule has 109 heavy (non-hydrogen) atoms. The van der Waals surface area contributed by atoms with Gasteiger partial charge in [0, 0.05) is 50.0 Å². The number of carbonyl (C=O) groups is 10. The van der Waals surface area contributed by atoms with Crippen LogP contribution in [0, 0.1) is 11.3 Å². The molecule has 0 aliphatic carbocycles. The Balaban J connectivity index is 1.15. The van der Waals surface area contributed by atoms with Gasteiger partial charge < -0.3 is 77.5 Å². The van der Waals surface area contributed by atoms with E-state index in [0.717, 1.165) is 16.7 Å². The summed E-state index contributed by atoms with van der Waals surface area (Å²) in [6, 6.07) is 31.7. The normalized spacial score (nSPS) is 15.1. The topological polar surface area (TPSA) is 400 Å². The summed E-state index contributed by atoms with van der Waals surface area (Å²) in [5, 5.41) is 42.4. The number of benzene rings is 5. The van der Waals surface area contributed by atoms with Crippen LogP contribution in [0.5, 0.6) is 5.75 Å². The number of carboxylic acid groups (broad SMARTS) is 1. The number of nitrogens with one attached hydrogen (secondary N) is 10. The van der Waals surface area contributed by atoms with Crippen LogP contribution in [0.4, 0.5) is 4.79 Å². The number of aliphatic carboxylic acids is 1. The maximum Gasteiger partial charge on any atom is 0.419 e. The molecule has 582 valence electrons. The predicted octanol–water partition coefficient (Wildman–Crippen LogP) is 6.57. The van der Waals surface area contributed by atoms with E-state index in [0.29, 0.717) is 33.5 Å². The zero-order valence-electron chi connectivity index (χ0n) is 64.0. The number of para-hydroxylation sites is 1. The number of imidazole rings is 1. The largest absolute Gasteiger partial charge is 0.488 e. The number of amides is 8. The summed E-state index contributed by atoms with van der Waals surface area (Å²) in [7, 11) is 0. The van der Waals surface area contributed by atoms with Gasteiger partial charge in [-0.2, -0.15) is 0 Å². The summed E-state index contributed by atoms with van der Waals surface area (Å²) in [4.78, 5) is 148. The molecule has 8 rings (SSSR count). The standard InChI is InChI=1S/C81H104N14O14/c1-49(2)41-61(71(100)88-60(75(104)105)32-24-40-84-76(82)83)89-68(97)50(3)86-70(99)62(42-51-34-36-57(37-35-51)108-79(7,8)9)90-74(103)65(47-107-78(4,5)6)93-72(101)63(43-52-45-95(77(106)109-80(10,11)12)66-33-23-22-31-58(52)66)91-73(102)64(92-69(98)59-38-39-67(96)87-59)44-56-46-94(48-85-56)81(53-25-16-13-17-26-53,54-27-18-14-19-28-54)55-29-20-15-21-30-55/h13-23,25-31,33-37,45-46,48-50,59-65H,24,32,38-44,47H2,1-12H3,(H,86,99)(H,87,96)(H,88,100)(H,89,97)(H,90,103)(H,91,102)(H,92,98)(H,93,101)(H,104,105)(H4,82,83,84)/t50-,59+,60+,61+,62+,63+,64+,65+/m1/s1. The Kier molecular flexibility index (Phi) is 28.2. The van der Waals surface area contributed by atoms with Gasteiger partial charge in [-0.05, 0) is 147 Å². The van der Waals surface area contributed by atoms with Crippen LogP contribution < -0.4 is 58.3 Å². The van der Waals surface area contributed by atoms with E-state index in [-0.39, 0.29) is 75.7 Å². The van der Waals surface area contributed by atoms with Crippen molar-refractivity contribution in [3.8, 4) is 5.75 Å². The summed E-state index contributed by atoms with van der Waals surface area (Å²) < 4.78 is 21.4. The highest BCUT2D eigenvalue weighted by molar-refractivity contribution is 5.99. The van der Waals surface area contributed by atoms with E-state index in [1.807, 2.05) is 116 Å². The van der Waals surface area contributed by atoms with Gasteiger partial charge in [-0.25, -0.2) is 14.6 Å². The van der Waals surface area contributed by atoms with Crippen molar-refractivity contribution in [1.29, 1.82) is 5.41 Å². The molecule has 1 aliphatic heterocycles. The SMILES string of the molecule is CC(C)C[C@H](NC(=O)[C@@H](C)NC(=O)[C@H](Cc1ccc(OC(C)(C)C)cc1)NC(=O)[C@H](COC(C)(C)C)NC(=O)[C@H](Cc1cn(C(=O)OC(C)(C)C)c2ccccc12)NC(=O)[C@H](Cc1cn(C(c2ccccc2)(c2ccccc2)c2ccccc2)cn1)NC(=O)[C@@H]1CCC(=O)N1)C(=O)N[C@@H](CCCNC(=N)N)C(=O)O. The fraction of sp³-hybridized carbons (Fsp3) is 0.432. The van der Waals surface area contributed by atoms with Crippen molar-refractivity contribution in [2.75, 3.05) is 13.2 Å². The van der Waals surface area contributed by atoms with Crippen molar-refractivity contribution >= 4 is 76.2 Å². The Bertz CT molecular complexity index is 4240. The molecule has 28 nitrogen and oxygen atoms in total. The molecule has 28 heteroatoms. The highest BCUT2D eigenvalue weighted by Gasteiger charge is 2.41. The van der Waals surface area contributed by atoms with Crippen LogP contribution in [0.3, 0.4) is 0 Å². The summed E-state index contributed by atoms with van der Waals surface area (Å²) in [5.41, 5.74) is 6.12. The van der Waals surface area contributed by atoms with E-state index < -0.39 is 131 Å². The lowest BCUT2D eigenvalue weighted by Crippen LogP contribution is -2.61. The van der Waals surface area contributed by atoms with Crippen LogP contribution in [0.2, 0.25) is 0 Å². The number of rotatable bonds is 34. The summed E-state index contributed by atoms with van der Waals surface area (Å²) in [6.45, 7) is 20.5. The number of aromatic nitrogens is 3. The molecular weight excluding hydrogens is 1390 g/mol. The van der Waals surface area contributed by atoms with E-state index in [2.05, 4.69) is 47.9 Å². The number of ether oxygens (including phenoxy) is 3. The Morgan fingerprint density at radius 1 is 0.596 bits per heavy atom. The van der Waals surface area contributed by atoms with Gasteiger partial charge in [0.2, 0.25) is 47.3 Å². The maximum absolute atomic E-state index is 15.8. The van der Waals surface area contributed by atoms with Gasteiger partial charge in [-0.15, -0.1) is 0 Å². The minimum absolute atomic E-state index is 0.0352. The van der Waals surface area contributed by atoms with Crippen molar-refractivity contribution in [2.24, 2.45) is 11.7 Å². The highest BCUT2D eigenvalue weighted by atomic mass is 16.6. The van der Waals surface area contributed by atoms with Gasteiger partial charge in [-0.1, -0.05) is 135 Å². The lowest BCUT2D eigenvalue weighted by atomic mass is 9.77. The molecule has 1 aliphatic rings. The Morgan fingerprint density at radius 3 is 1.64 bits per heavy atom. The fourth-order valence-corrected chi connectivity index (χ4v) is 12.7. The second-order valence-corrected chi connectivity index (χ2v) is 30.7. The van der Waals surface area contributed by atoms with Gasteiger partial charge >= 0.3 is 12.1 Å². The van der Waals surface area contributed by atoms with Crippen LogP contribution >= 0.6 is 0 Å². The van der Waals surface area contributed by atoms with Crippen molar-refractivity contribution in [1.82, 2.24) is 62.0 Å². The molecule has 0 bridgehead atoms. The first-order valence-electron chi connectivity index (χ1n) is 36.6. The van der Waals surface area contributed by atoms with Crippen molar-refractivity contribution in [2.45, 2.75) is 205 Å². The number of guanidine groups is 1. The average Bonchev–Trinajstić information content (AvgIpc) is 1.73. The van der Waals surface area contributed by atoms with Gasteiger partial charge in [0.05, 0.1) is 29.7 Å². The zero-order chi connectivity index (χ0) is 79.5. The average molecular weight is 1500 g/mol. The quantitative estimate of drug-likeness (QED) is 0.00878. The summed E-state index contributed by atoms with van der Waals surface area (Å²) in [6.07, 6.45) is 3.80. The number of carboxylic acids is 1. The number of hydrogen-bond acceptors (Lipinski definition) is 15. The lowest BCUT2D eigenvalue weighted by molar-refractivity contribution is -0.142. The first-order chi connectivity index (χ1) is 51.5. The number of fused-ring (bicyclic) bond motifs is 1. The Hall–Kier alpha value is -11.4. The van der Waals surface area contributed by atoms with Crippen LogP contribution in [0.15, 0.2) is 158 Å². The third kappa shape index (κ3) is 23.8. The van der Waals surface area contributed by atoms with E-state index in [9.17, 15) is 38.7 Å². The van der Waals surface area contributed by atoms with Crippen molar-refractivity contribution in [3.63, 3.8) is 0 Å². The molecule has 8 amide bonds.